The number of aromatic nitrogens is 2. The molecule has 5 aromatic rings. The molecule has 2 N–H and O–H groups in total. The second kappa shape index (κ2) is 7.91. The Labute approximate surface area is 200 Å². The Hall–Kier alpha value is -3.33. The average molecular weight is 503 g/mol. The Bertz CT molecular complexity index is 1570. The van der Waals surface area contributed by atoms with E-state index < -0.39 is 23.2 Å². The first-order valence-electron chi connectivity index (χ1n) is 9.54. The minimum absolute atomic E-state index is 0.0207. The first kappa shape index (κ1) is 21.5. The third-order valence-corrected chi connectivity index (χ3v) is 6.78. The Kier molecular flexibility index (Phi) is 5.16. The zero-order valence-corrected chi connectivity index (χ0v) is 19.1. The summed E-state index contributed by atoms with van der Waals surface area (Å²) in [5, 5.41) is 22.4. The molecule has 2 aromatic carbocycles. The lowest BCUT2D eigenvalue weighted by Gasteiger charge is -2.10. The SMILES string of the molecule is Cc1ccc(C(=O)c2c(O)c(O)n(-c3nc4ccc(F)cc4s3)c2-c2ccc(Cl)c(Cl)c2)o1. The number of furan rings is 1. The third kappa shape index (κ3) is 3.56. The number of aromatic hydroxyl groups is 2. The van der Waals surface area contributed by atoms with Gasteiger partial charge in [-0.25, -0.2) is 9.37 Å². The van der Waals surface area contributed by atoms with Crippen LogP contribution in [0.25, 0.3) is 26.6 Å². The standard InChI is InChI=1S/C23H13Cl2FN2O4S/c1-10-2-7-16(32-10)20(29)18-19(11-3-5-13(24)14(25)8-11)28(22(31)21(18)30)23-27-15-6-4-12(26)9-17(15)33-23/h2-9,30-31H,1H3. The molecular formula is C23H13Cl2FN2O4S. The largest absolute Gasteiger partial charge is 0.503 e. The number of carbonyl (C=O) groups excluding carboxylic acids is 1. The first-order valence-corrected chi connectivity index (χ1v) is 11.1. The zero-order chi connectivity index (χ0) is 23.4. The number of benzene rings is 2. The molecule has 0 amide bonds. The highest BCUT2D eigenvalue weighted by molar-refractivity contribution is 7.20. The number of rotatable bonds is 4. The summed E-state index contributed by atoms with van der Waals surface area (Å²) in [6.45, 7) is 1.68. The zero-order valence-electron chi connectivity index (χ0n) is 16.8. The predicted octanol–water partition coefficient (Wildman–Crippen LogP) is 6.74. The lowest BCUT2D eigenvalue weighted by atomic mass is 10.0. The van der Waals surface area contributed by atoms with Crippen molar-refractivity contribution >= 4 is 50.5 Å². The van der Waals surface area contributed by atoms with Crippen molar-refractivity contribution in [2.24, 2.45) is 0 Å². The summed E-state index contributed by atoms with van der Waals surface area (Å²) in [6, 6.07) is 11.8. The predicted molar refractivity (Wildman–Crippen MR) is 125 cm³/mol. The lowest BCUT2D eigenvalue weighted by Crippen LogP contribution is -2.04. The molecule has 0 fully saturated rings. The van der Waals surface area contributed by atoms with Crippen LogP contribution in [0, 0.1) is 12.7 Å². The van der Waals surface area contributed by atoms with Crippen LogP contribution in [-0.2, 0) is 0 Å². The number of hydrogen-bond donors (Lipinski definition) is 2. The molecule has 5 rings (SSSR count). The molecule has 3 heterocycles. The molecule has 0 unspecified atom stereocenters. The van der Waals surface area contributed by atoms with Crippen molar-refractivity contribution in [3.05, 3.63) is 81.5 Å². The van der Waals surface area contributed by atoms with Gasteiger partial charge in [-0.05, 0) is 49.4 Å². The van der Waals surface area contributed by atoms with Crippen molar-refractivity contribution in [2.75, 3.05) is 0 Å². The van der Waals surface area contributed by atoms with Crippen LogP contribution < -0.4 is 0 Å². The van der Waals surface area contributed by atoms with Crippen LogP contribution in [0.2, 0.25) is 10.0 Å². The van der Waals surface area contributed by atoms with Gasteiger partial charge >= 0.3 is 0 Å². The maximum absolute atomic E-state index is 13.7. The molecule has 6 nitrogen and oxygen atoms in total. The number of ketones is 1. The van der Waals surface area contributed by atoms with E-state index in [4.69, 9.17) is 27.6 Å². The minimum atomic E-state index is -0.652. The molecule has 3 aromatic heterocycles. The van der Waals surface area contributed by atoms with E-state index in [0.29, 0.717) is 21.5 Å². The minimum Gasteiger partial charge on any atom is -0.503 e. The van der Waals surface area contributed by atoms with Gasteiger partial charge in [0.25, 0.3) is 0 Å². The van der Waals surface area contributed by atoms with Crippen LogP contribution in [-0.4, -0.2) is 25.5 Å². The summed E-state index contributed by atoms with van der Waals surface area (Å²) >= 11 is 13.4. The maximum atomic E-state index is 13.7. The van der Waals surface area contributed by atoms with Crippen LogP contribution in [0.15, 0.2) is 52.9 Å². The average Bonchev–Trinajstić information content (AvgIpc) is 3.46. The molecule has 0 radical (unpaired) electrons. The van der Waals surface area contributed by atoms with Crippen LogP contribution in [0.3, 0.4) is 0 Å². The van der Waals surface area contributed by atoms with Crippen LogP contribution in [0.4, 0.5) is 4.39 Å². The normalized spacial score (nSPS) is 11.4. The third-order valence-electron chi connectivity index (χ3n) is 5.04. The van der Waals surface area contributed by atoms with Gasteiger partial charge in [0.1, 0.15) is 11.6 Å². The number of fused-ring (bicyclic) bond motifs is 1. The van der Waals surface area contributed by atoms with Crippen LogP contribution in [0.1, 0.15) is 21.9 Å². The van der Waals surface area contributed by atoms with Crippen molar-refractivity contribution in [2.45, 2.75) is 6.92 Å². The van der Waals surface area contributed by atoms with Gasteiger partial charge in [0.2, 0.25) is 11.7 Å². The summed E-state index contributed by atoms with van der Waals surface area (Å²) in [7, 11) is 0. The van der Waals surface area contributed by atoms with E-state index in [0.717, 1.165) is 11.3 Å². The molecule has 10 heteroatoms. The summed E-state index contributed by atoms with van der Waals surface area (Å²) < 4.78 is 20.9. The molecule has 0 saturated carbocycles. The summed E-state index contributed by atoms with van der Waals surface area (Å²) in [5.41, 5.74) is 0.795. The second-order valence-corrected chi connectivity index (χ2v) is 9.03. The first-order chi connectivity index (χ1) is 15.7. The van der Waals surface area contributed by atoms with Gasteiger partial charge in [0, 0.05) is 5.56 Å². The van der Waals surface area contributed by atoms with Crippen molar-refractivity contribution in [3.8, 4) is 28.0 Å². The quantitative estimate of drug-likeness (QED) is 0.265. The van der Waals surface area contributed by atoms with E-state index in [1.54, 1.807) is 19.1 Å². The van der Waals surface area contributed by atoms with E-state index in [9.17, 15) is 19.4 Å². The Morgan fingerprint density at radius 3 is 2.58 bits per heavy atom. The number of hydrogen-bond acceptors (Lipinski definition) is 6. The van der Waals surface area contributed by atoms with Gasteiger partial charge in [-0.1, -0.05) is 40.6 Å². The van der Waals surface area contributed by atoms with Crippen molar-refractivity contribution in [1.29, 1.82) is 0 Å². The molecule has 0 atom stereocenters. The maximum Gasteiger partial charge on any atom is 0.242 e. The molecule has 33 heavy (non-hydrogen) atoms. The molecule has 0 spiro atoms. The van der Waals surface area contributed by atoms with E-state index in [2.05, 4.69) is 4.98 Å². The van der Waals surface area contributed by atoms with E-state index >= 15 is 0 Å². The Balaban J connectivity index is 1.83. The molecule has 166 valence electrons. The number of carbonyl (C=O) groups is 1. The van der Waals surface area contributed by atoms with Crippen molar-refractivity contribution in [3.63, 3.8) is 0 Å². The summed E-state index contributed by atoms with van der Waals surface area (Å²) in [5.74, 6) is -1.87. The molecular weight excluding hydrogens is 490 g/mol. The topological polar surface area (TPSA) is 88.5 Å². The highest BCUT2D eigenvalue weighted by Crippen LogP contribution is 2.46. The van der Waals surface area contributed by atoms with Gasteiger partial charge in [-0.15, -0.1) is 0 Å². The molecule has 0 bridgehead atoms. The number of aryl methyl sites for hydroxylation is 1. The summed E-state index contributed by atoms with van der Waals surface area (Å²) in [4.78, 5) is 17.8. The van der Waals surface area contributed by atoms with E-state index in [1.165, 1.54) is 41.0 Å². The number of nitrogens with zero attached hydrogens (tertiary/aromatic N) is 2. The molecule has 0 aliphatic rings. The fourth-order valence-corrected chi connectivity index (χ4v) is 4.83. The van der Waals surface area contributed by atoms with E-state index in [1.807, 2.05) is 0 Å². The Morgan fingerprint density at radius 1 is 1.09 bits per heavy atom. The van der Waals surface area contributed by atoms with Crippen molar-refractivity contribution < 1.29 is 23.8 Å². The molecule has 0 aliphatic heterocycles. The fraction of sp³-hybridized carbons (Fsp3) is 0.0435. The summed E-state index contributed by atoms with van der Waals surface area (Å²) in [6.07, 6.45) is 0. The highest BCUT2D eigenvalue weighted by Gasteiger charge is 2.32. The number of thiazole rings is 1. The molecule has 0 saturated heterocycles. The Morgan fingerprint density at radius 2 is 1.88 bits per heavy atom. The van der Waals surface area contributed by atoms with Gasteiger partial charge in [0.05, 0.1) is 31.5 Å². The van der Waals surface area contributed by atoms with Gasteiger partial charge in [-0.3, -0.25) is 9.36 Å². The van der Waals surface area contributed by atoms with Gasteiger partial charge in [-0.2, -0.15) is 0 Å². The smallest absolute Gasteiger partial charge is 0.242 e. The van der Waals surface area contributed by atoms with E-state index in [-0.39, 0.29) is 32.2 Å². The van der Waals surface area contributed by atoms with Crippen LogP contribution in [0.5, 0.6) is 11.6 Å². The lowest BCUT2D eigenvalue weighted by molar-refractivity contribution is 0.101. The van der Waals surface area contributed by atoms with Gasteiger partial charge in [0.15, 0.2) is 16.6 Å². The highest BCUT2D eigenvalue weighted by atomic mass is 35.5. The fourth-order valence-electron chi connectivity index (χ4n) is 3.53. The molecule has 0 aliphatic carbocycles. The van der Waals surface area contributed by atoms with Crippen molar-refractivity contribution in [1.82, 2.24) is 9.55 Å². The second-order valence-electron chi connectivity index (χ2n) is 7.21. The van der Waals surface area contributed by atoms with Gasteiger partial charge < -0.3 is 14.6 Å². The van der Waals surface area contributed by atoms with Crippen LogP contribution >= 0.6 is 34.5 Å². The monoisotopic (exact) mass is 502 g/mol. The number of halogens is 3.